The number of nitrogens with two attached hydrogens (primary N) is 1. The van der Waals surface area contributed by atoms with Crippen molar-refractivity contribution in [1.29, 1.82) is 0 Å². The first-order chi connectivity index (χ1) is 5.41. The van der Waals surface area contributed by atoms with E-state index < -0.39 is 12.0 Å². The molecule has 3 nitrogen and oxygen atoms in total. The summed E-state index contributed by atoms with van der Waals surface area (Å²) in [7, 11) is 0. The SMILES string of the molecule is Cc1nc(C(F)(F)F)ncc1N. The molecule has 0 saturated carbocycles. The number of aromatic nitrogens is 2. The van der Waals surface area contributed by atoms with Gasteiger partial charge in [0.1, 0.15) is 0 Å². The lowest BCUT2D eigenvalue weighted by atomic mass is 10.4. The number of aryl methyl sites for hydroxylation is 1. The molecule has 66 valence electrons. The van der Waals surface area contributed by atoms with Crippen LogP contribution in [0.25, 0.3) is 0 Å². The number of rotatable bonds is 0. The number of hydrogen-bond donors (Lipinski definition) is 1. The quantitative estimate of drug-likeness (QED) is 0.651. The third kappa shape index (κ3) is 1.63. The first-order valence-corrected chi connectivity index (χ1v) is 3.07. The van der Waals surface area contributed by atoms with Gasteiger partial charge in [-0.15, -0.1) is 0 Å². The molecule has 0 aliphatic rings. The van der Waals surface area contributed by atoms with Gasteiger partial charge in [0.25, 0.3) is 0 Å². The Morgan fingerprint density at radius 2 is 2.00 bits per heavy atom. The molecule has 1 aromatic heterocycles. The van der Waals surface area contributed by atoms with Gasteiger partial charge < -0.3 is 5.73 Å². The number of nitrogens with zero attached hydrogens (tertiary/aromatic N) is 2. The van der Waals surface area contributed by atoms with Crippen molar-refractivity contribution in [2.75, 3.05) is 5.73 Å². The van der Waals surface area contributed by atoms with Crippen LogP contribution in [0.2, 0.25) is 0 Å². The van der Waals surface area contributed by atoms with Gasteiger partial charge in [-0.3, -0.25) is 0 Å². The summed E-state index contributed by atoms with van der Waals surface area (Å²) in [5.74, 6) is -1.16. The monoisotopic (exact) mass is 177 g/mol. The van der Waals surface area contributed by atoms with Crippen molar-refractivity contribution >= 4 is 5.69 Å². The summed E-state index contributed by atoms with van der Waals surface area (Å²) in [6.07, 6.45) is -3.55. The maximum absolute atomic E-state index is 11.9. The van der Waals surface area contributed by atoms with Crippen LogP contribution in [0.3, 0.4) is 0 Å². The summed E-state index contributed by atoms with van der Waals surface area (Å²) in [5, 5.41) is 0. The third-order valence-electron chi connectivity index (χ3n) is 1.27. The van der Waals surface area contributed by atoms with Gasteiger partial charge in [-0.2, -0.15) is 13.2 Å². The van der Waals surface area contributed by atoms with Gasteiger partial charge in [0.2, 0.25) is 5.82 Å². The maximum Gasteiger partial charge on any atom is 0.451 e. The zero-order valence-electron chi connectivity index (χ0n) is 6.18. The molecular formula is C6H6F3N3. The van der Waals surface area contributed by atoms with E-state index in [2.05, 4.69) is 9.97 Å². The standard InChI is InChI=1S/C6H6F3N3/c1-3-4(10)2-11-5(12-3)6(7,8)9/h2H,10H2,1H3. The fraction of sp³-hybridized carbons (Fsp3) is 0.333. The highest BCUT2D eigenvalue weighted by Crippen LogP contribution is 2.26. The zero-order chi connectivity index (χ0) is 9.35. The molecule has 0 aromatic carbocycles. The molecule has 0 amide bonds. The number of hydrogen-bond acceptors (Lipinski definition) is 3. The van der Waals surface area contributed by atoms with Crippen LogP contribution < -0.4 is 5.73 Å². The van der Waals surface area contributed by atoms with E-state index in [1.54, 1.807) is 0 Å². The highest BCUT2D eigenvalue weighted by atomic mass is 19.4. The van der Waals surface area contributed by atoms with Crippen LogP contribution in [0.15, 0.2) is 6.20 Å². The predicted octanol–water partition coefficient (Wildman–Crippen LogP) is 1.39. The first-order valence-electron chi connectivity index (χ1n) is 3.07. The lowest BCUT2D eigenvalue weighted by molar-refractivity contribution is -0.145. The molecule has 0 aliphatic carbocycles. The van der Waals surface area contributed by atoms with Gasteiger partial charge in [-0.1, -0.05) is 0 Å². The number of nitrogen functional groups attached to an aromatic ring is 1. The van der Waals surface area contributed by atoms with Crippen LogP contribution >= 0.6 is 0 Å². The Morgan fingerprint density at radius 1 is 1.42 bits per heavy atom. The summed E-state index contributed by atoms with van der Waals surface area (Å²) in [6.45, 7) is 1.40. The van der Waals surface area contributed by atoms with E-state index in [1.165, 1.54) is 6.92 Å². The lowest BCUT2D eigenvalue weighted by Gasteiger charge is -2.05. The second kappa shape index (κ2) is 2.62. The second-order valence-corrected chi connectivity index (χ2v) is 2.23. The van der Waals surface area contributed by atoms with Crippen LogP contribution in [-0.2, 0) is 6.18 Å². The molecule has 12 heavy (non-hydrogen) atoms. The van der Waals surface area contributed by atoms with Gasteiger partial charge in [-0.05, 0) is 6.92 Å². The molecule has 0 saturated heterocycles. The summed E-state index contributed by atoms with van der Waals surface area (Å²) < 4.78 is 35.8. The van der Waals surface area contributed by atoms with Crippen molar-refractivity contribution in [3.8, 4) is 0 Å². The smallest absolute Gasteiger partial charge is 0.396 e. The molecular weight excluding hydrogens is 171 g/mol. The largest absolute Gasteiger partial charge is 0.451 e. The minimum atomic E-state index is -4.50. The molecule has 2 N–H and O–H groups in total. The average molecular weight is 177 g/mol. The lowest BCUT2D eigenvalue weighted by Crippen LogP contribution is -2.12. The fourth-order valence-electron chi connectivity index (χ4n) is 0.613. The Labute approximate surface area is 66.4 Å². The zero-order valence-corrected chi connectivity index (χ0v) is 6.18. The third-order valence-corrected chi connectivity index (χ3v) is 1.27. The van der Waals surface area contributed by atoms with Crippen molar-refractivity contribution in [3.05, 3.63) is 17.7 Å². The van der Waals surface area contributed by atoms with Crippen molar-refractivity contribution in [1.82, 2.24) is 9.97 Å². The molecule has 0 aliphatic heterocycles. The highest BCUT2D eigenvalue weighted by Gasteiger charge is 2.34. The minimum Gasteiger partial charge on any atom is -0.396 e. The molecule has 1 heterocycles. The molecule has 0 atom stereocenters. The number of anilines is 1. The fourth-order valence-corrected chi connectivity index (χ4v) is 0.613. The van der Waals surface area contributed by atoms with Crippen molar-refractivity contribution < 1.29 is 13.2 Å². The van der Waals surface area contributed by atoms with Crippen molar-refractivity contribution in [2.45, 2.75) is 13.1 Å². The van der Waals surface area contributed by atoms with Crippen molar-refractivity contribution in [2.24, 2.45) is 0 Å². The van der Waals surface area contributed by atoms with E-state index in [0.717, 1.165) is 6.20 Å². The Bertz CT molecular complexity index is 295. The number of halogens is 3. The van der Waals surface area contributed by atoms with E-state index in [0.29, 0.717) is 0 Å². The van der Waals surface area contributed by atoms with Crippen molar-refractivity contribution in [3.63, 3.8) is 0 Å². The molecule has 1 rings (SSSR count). The normalized spacial score (nSPS) is 11.7. The van der Waals surface area contributed by atoms with Gasteiger partial charge in [0.05, 0.1) is 17.6 Å². The second-order valence-electron chi connectivity index (χ2n) is 2.23. The molecule has 0 spiro atoms. The summed E-state index contributed by atoms with van der Waals surface area (Å²) >= 11 is 0. The summed E-state index contributed by atoms with van der Waals surface area (Å²) in [6, 6.07) is 0. The molecule has 0 radical (unpaired) electrons. The maximum atomic E-state index is 11.9. The van der Waals surface area contributed by atoms with E-state index >= 15 is 0 Å². The molecule has 6 heteroatoms. The first kappa shape index (κ1) is 8.76. The van der Waals surface area contributed by atoms with E-state index in [4.69, 9.17) is 5.73 Å². The van der Waals surface area contributed by atoms with E-state index in [-0.39, 0.29) is 11.4 Å². The molecule has 0 fully saturated rings. The molecule has 0 unspecified atom stereocenters. The van der Waals surface area contributed by atoms with Crippen LogP contribution in [0, 0.1) is 6.92 Å². The van der Waals surface area contributed by atoms with Gasteiger partial charge >= 0.3 is 6.18 Å². The Balaban J connectivity index is 3.14. The van der Waals surface area contributed by atoms with Gasteiger partial charge in [0.15, 0.2) is 0 Å². The van der Waals surface area contributed by atoms with E-state index in [1.807, 2.05) is 0 Å². The highest BCUT2D eigenvalue weighted by molar-refractivity contribution is 5.39. The van der Waals surface area contributed by atoms with Crippen LogP contribution in [-0.4, -0.2) is 9.97 Å². The van der Waals surface area contributed by atoms with Gasteiger partial charge in [-0.25, -0.2) is 9.97 Å². The van der Waals surface area contributed by atoms with E-state index in [9.17, 15) is 13.2 Å². The molecule has 1 aromatic rings. The average Bonchev–Trinajstić information content (AvgIpc) is 1.92. The Hall–Kier alpha value is -1.33. The predicted molar refractivity (Wildman–Crippen MR) is 36.2 cm³/mol. The van der Waals surface area contributed by atoms with Crippen LogP contribution in [0.4, 0.5) is 18.9 Å². The number of alkyl halides is 3. The Morgan fingerprint density at radius 3 is 2.42 bits per heavy atom. The minimum absolute atomic E-state index is 0.136. The van der Waals surface area contributed by atoms with Crippen LogP contribution in [0.1, 0.15) is 11.5 Å². The summed E-state index contributed by atoms with van der Waals surface area (Å²) in [4.78, 5) is 6.23. The Kier molecular flexibility index (Phi) is 1.91. The van der Waals surface area contributed by atoms with Gasteiger partial charge in [0, 0.05) is 0 Å². The molecule has 0 bridgehead atoms. The topological polar surface area (TPSA) is 51.8 Å². The van der Waals surface area contributed by atoms with Crippen LogP contribution in [0.5, 0.6) is 0 Å². The summed E-state index contributed by atoms with van der Waals surface area (Å²) in [5.41, 5.74) is 5.53.